The molecular formula is C28H37ClN8O. The standard InChI is InChI=1S/C18H22N4O.C10H15ClN4/c1-14(23)15-5-3-6-16(11-15)17-12-19-13-18(20-17)22-8-4-7-21(2)9-10-22;1-14-3-2-4-15(6-5-14)10-8-12-7-9(11)13-10/h3,5-6,11-13H,4,7-10H2,1-2H3;7-8H,2-6H2,1H3. The molecule has 0 atom stereocenters. The first-order chi connectivity index (χ1) is 18.4. The molecular weight excluding hydrogens is 500 g/mol. The van der Waals surface area contributed by atoms with Crippen molar-refractivity contribution >= 4 is 29.0 Å². The first-order valence-electron chi connectivity index (χ1n) is 13.2. The van der Waals surface area contributed by atoms with E-state index in [2.05, 4.69) is 48.6 Å². The third kappa shape index (κ3) is 7.93. The zero-order valence-corrected chi connectivity index (χ0v) is 23.3. The first kappa shape index (κ1) is 27.9. The summed E-state index contributed by atoms with van der Waals surface area (Å²) in [7, 11) is 4.30. The van der Waals surface area contributed by atoms with Crippen molar-refractivity contribution in [3.8, 4) is 11.3 Å². The molecule has 38 heavy (non-hydrogen) atoms. The fraction of sp³-hybridized carbons (Fsp3) is 0.464. The molecule has 0 aliphatic carbocycles. The van der Waals surface area contributed by atoms with Gasteiger partial charge in [0.25, 0.3) is 0 Å². The Morgan fingerprint density at radius 2 is 1.37 bits per heavy atom. The van der Waals surface area contributed by atoms with E-state index in [0.29, 0.717) is 10.7 Å². The van der Waals surface area contributed by atoms with Gasteiger partial charge in [-0.1, -0.05) is 29.8 Å². The Morgan fingerprint density at radius 3 is 1.97 bits per heavy atom. The van der Waals surface area contributed by atoms with E-state index in [1.807, 2.05) is 30.5 Å². The highest BCUT2D eigenvalue weighted by Crippen LogP contribution is 2.21. The molecule has 4 heterocycles. The van der Waals surface area contributed by atoms with E-state index >= 15 is 0 Å². The van der Waals surface area contributed by atoms with Gasteiger partial charge < -0.3 is 19.6 Å². The summed E-state index contributed by atoms with van der Waals surface area (Å²) in [4.78, 5) is 38.2. The quantitative estimate of drug-likeness (QED) is 0.463. The van der Waals surface area contributed by atoms with E-state index in [9.17, 15) is 4.79 Å². The van der Waals surface area contributed by atoms with Crippen LogP contribution in [0.1, 0.15) is 30.1 Å². The average molecular weight is 537 g/mol. The number of Topliss-reactive ketones (excluding diaryl/α,β-unsaturated/α-hetero) is 1. The molecule has 0 amide bonds. The molecule has 2 saturated heterocycles. The molecule has 5 rings (SSSR count). The number of carbonyl (C=O) groups is 1. The largest absolute Gasteiger partial charge is 0.354 e. The van der Waals surface area contributed by atoms with E-state index < -0.39 is 0 Å². The van der Waals surface area contributed by atoms with Gasteiger partial charge in [0.05, 0.1) is 30.5 Å². The van der Waals surface area contributed by atoms with Crippen molar-refractivity contribution < 1.29 is 4.79 Å². The second kappa shape index (κ2) is 13.6. The van der Waals surface area contributed by atoms with Crippen molar-refractivity contribution in [2.45, 2.75) is 19.8 Å². The molecule has 0 radical (unpaired) electrons. The average Bonchev–Trinajstić information content (AvgIpc) is 3.29. The molecule has 2 aliphatic rings. The summed E-state index contributed by atoms with van der Waals surface area (Å²) in [6.45, 7) is 9.91. The Hall–Kier alpha value is -3.14. The van der Waals surface area contributed by atoms with Crippen molar-refractivity contribution in [3.05, 3.63) is 59.8 Å². The zero-order valence-electron chi connectivity index (χ0n) is 22.6. The third-order valence-electron chi connectivity index (χ3n) is 6.87. The van der Waals surface area contributed by atoms with E-state index in [1.54, 1.807) is 25.5 Å². The highest BCUT2D eigenvalue weighted by Gasteiger charge is 2.15. The lowest BCUT2D eigenvalue weighted by Crippen LogP contribution is -2.29. The molecule has 0 N–H and O–H groups in total. The Balaban J connectivity index is 0.000000194. The topological polar surface area (TPSA) is 81.6 Å². The summed E-state index contributed by atoms with van der Waals surface area (Å²) in [5.74, 6) is 1.86. The minimum Gasteiger partial charge on any atom is -0.354 e. The number of hydrogen-bond acceptors (Lipinski definition) is 9. The number of hydrogen-bond donors (Lipinski definition) is 0. The number of carbonyl (C=O) groups excluding carboxylic acids is 1. The molecule has 2 aromatic heterocycles. The normalized spacial score (nSPS) is 17.3. The van der Waals surface area contributed by atoms with Crippen LogP contribution >= 0.6 is 11.6 Å². The number of ketones is 1. The van der Waals surface area contributed by atoms with E-state index in [4.69, 9.17) is 16.6 Å². The molecule has 0 saturated carbocycles. The Morgan fingerprint density at radius 1 is 0.763 bits per heavy atom. The molecule has 1 aromatic carbocycles. The van der Waals surface area contributed by atoms with Crippen molar-refractivity contribution in [2.75, 3.05) is 76.3 Å². The predicted molar refractivity (Wildman–Crippen MR) is 153 cm³/mol. The van der Waals surface area contributed by atoms with Crippen molar-refractivity contribution in [1.29, 1.82) is 0 Å². The van der Waals surface area contributed by atoms with Crippen LogP contribution in [0.25, 0.3) is 11.3 Å². The fourth-order valence-electron chi connectivity index (χ4n) is 4.58. The van der Waals surface area contributed by atoms with Crippen LogP contribution in [0.2, 0.25) is 5.15 Å². The summed E-state index contributed by atoms with van der Waals surface area (Å²) >= 11 is 5.82. The summed E-state index contributed by atoms with van der Waals surface area (Å²) in [6.07, 6.45) is 9.20. The van der Waals surface area contributed by atoms with Crippen molar-refractivity contribution in [3.63, 3.8) is 0 Å². The zero-order chi connectivity index (χ0) is 26.9. The molecule has 10 heteroatoms. The van der Waals surface area contributed by atoms with Crippen LogP contribution in [0.4, 0.5) is 11.6 Å². The van der Waals surface area contributed by atoms with E-state index in [1.165, 1.54) is 0 Å². The number of nitrogens with zero attached hydrogens (tertiary/aromatic N) is 8. The lowest BCUT2D eigenvalue weighted by Gasteiger charge is -2.21. The minimum absolute atomic E-state index is 0.0616. The summed E-state index contributed by atoms with van der Waals surface area (Å²) in [5.41, 5.74) is 2.44. The van der Waals surface area contributed by atoms with Gasteiger partial charge in [0.1, 0.15) is 16.8 Å². The number of benzene rings is 1. The second-order valence-electron chi connectivity index (χ2n) is 9.89. The van der Waals surface area contributed by atoms with E-state index in [0.717, 1.165) is 88.1 Å². The van der Waals surface area contributed by atoms with Crippen LogP contribution in [0.15, 0.2) is 49.1 Å². The highest BCUT2D eigenvalue weighted by molar-refractivity contribution is 6.29. The number of anilines is 2. The molecule has 0 unspecified atom stereocenters. The Labute approximate surface area is 230 Å². The number of aromatic nitrogens is 4. The fourth-order valence-corrected chi connectivity index (χ4v) is 4.72. The highest BCUT2D eigenvalue weighted by atomic mass is 35.5. The van der Waals surface area contributed by atoms with Crippen LogP contribution < -0.4 is 9.80 Å². The lowest BCUT2D eigenvalue weighted by atomic mass is 10.1. The molecule has 0 spiro atoms. The van der Waals surface area contributed by atoms with Crippen LogP contribution in [0.5, 0.6) is 0 Å². The molecule has 2 fully saturated rings. The summed E-state index contributed by atoms with van der Waals surface area (Å²) in [6, 6.07) is 7.57. The summed E-state index contributed by atoms with van der Waals surface area (Å²) < 4.78 is 0. The maximum absolute atomic E-state index is 11.6. The second-order valence-corrected chi connectivity index (χ2v) is 10.3. The molecule has 9 nitrogen and oxygen atoms in total. The van der Waals surface area contributed by atoms with Crippen molar-refractivity contribution in [2.24, 2.45) is 0 Å². The van der Waals surface area contributed by atoms with Gasteiger partial charge in [-0.25, -0.2) is 9.97 Å². The van der Waals surface area contributed by atoms with Crippen LogP contribution in [-0.4, -0.2) is 102 Å². The number of likely N-dealkylation sites (N-methyl/N-ethyl adjacent to an activating group) is 2. The number of halogens is 1. The number of rotatable bonds is 4. The molecule has 3 aromatic rings. The van der Waals surface area contributed by atoms with Gasteiger partial charge in [-0.15, -0.1) is 0 Å². The molecule has 2 aliphatic heterocycles. The van der Waals surface area contributed by atoms with Gasteiger partial charge >= 0.3 is 0 Å². The first-order valence-corrected chi connectivity index (χ1v) is 13.5. The molecule has 202 valence electrons. The van der Waals surface area contributed by atoms with Gasteiger partial charge in [-0.05, 0) is 53.0 Å². The maximum atomic E-state index is 11.6. The minimum atomic E-state index is 0.0616. The summed E-state index contributed by atoms with van der Waals surface area (Å²) in [5, 5.41) is 0.463. The van der Waals surface area contributed by atoms with Crippen LogP contribution in [0.3, 0.4) is 0 Å². The van der Waals surface area contributed by atoms with Gasteiger partial charge in [-0.2, -0.15) is 0 Å². The van der Waals surface area contributed by atoms with Gasteiger partial charge in [0.15, 0.2) is 5.78 Å². The third-order valence-corrected chi connectivity index (χ3v) is 7.05. The van der Waals surface area contributed by atoms with Gasteiger partial charge in [0.2, 0.25) is 0 Å². The smallest absolute Gasteiger partial charge is 0.159 e. The lowest BCUT2D eigenvalue weighted by molar-refractivity contribution is 0.101. The molecule has 0 bridgehead atoms. The monoisotopic (exact) mass is 536 g/mol. The van der Waals surface area contributed by atoms with Gasteiger partial charge in [0, 0.05) is 50.4 Å². The van der Waals surface area contributed by atoms with Crippen LogP contribution in [0, 0.1) is 0 Å². The van der Waals surface area contributed by atoms with Gasteiger partial charge in [-0.3, -0.25) is 14.8 Å². The predicted octanol–water partition coefficient (Wildman–Crippen LogP) is 3.76. The van der Waals surface area contributed by atoms with Crippen molar-refractivity contribution in [1.82, 2.24) is 29.7 Å². The van der Waals surface area contributed by atoms with Crippen LogP contribution in [-0.2, 0) is 0 Å². The maximum Gasteiger partial charge on any atom is 0.159 e. The SMILES string of the molecule is CC(=O)c1cccc(-c2cncc(N3CCCN(C)CC3)n2)c1.CN1CCCN(c2cncc(Cl)n2)CC1. The Bertz CT molecular complexity index is 1210. The Kier molecular flexibility index (Phi) is 9.98. The van der Waals surface area contributed by atoms with E-state index in [-0.39, 0.29) is 5.78 Å².